The van der Waals surface area contributed by atoms with Gasteiger partial charge in [-0.05, 0) is 19.3 Å². The molecule has 2 N–H and O–H groups in total. The van der Waals surface area contributed by atoms with Crippen molar-refractivity contribution in [2.45, 2.75) is 52.7 Å². The fourth-order valence-corrected chi connectivity index (χ4v) is 1.61. The van der Waals surface area contributed by atoms with Crippen LogP contribution in [-0.4, -0.2) is 49.6 Å². The van der Waals surface area contributed by atoms with Gasteiger partial charge in [0.2, 0.25) is 0 Å². The Morgan fingerprint density at radius 3 is 2.53 bits per heavy atom. The van der Waals surface area contributed by atoms with Crippen molar-refractivity contribution in [3.8, 4) is 0 Å². The maximum absolute atomic E-state index is 11.7. The van der Waals surface area contributed by atoms with Crippen molar-refractivity contribution in [3.63, 3.8) is 0 Å². The van der Waals surface area contributed by atoms with Crippen molar-refractivity contribution in [3.05, 3.63) is 0 Å². The first-order valence-corrected chi connectivity index (χ1v) is 7.18. The Bertz CT molecular complexity index is 233. The van der Waals surface area contributed by atoms with E-state index in [1.54, 1.807) is 6.92 Å². The van der Waals surface area contributed by atoms with Gasteiger partial charge in [0.05, 0.1) is 19.3 Å². The molecule has 0 aliphatic carbocycles. The maximum atomic E-state index is 11.7. The molecule has 0 aromatic heterocycles. The molecule has 114 valence electrons. The molecule has 2 atom stereocenters. The third kappa shape index (κ3) is 8.97. The van der Waals surface area contributed by atoms with Gasteiger partial charge in [-0.15, -0.1) is 0 Å². The normalized spacial score (nSPS) is 14.4. The average Bonchev–Trinajstić information content (AvgIpc) is 2.35. The van der Waals surface area contributed by atoms with E-state index in [0.29, 0.717) is 26.4 Å². The summed E-state index contributed by atoms with van der Waals surface area (Å²) in [5.74, 6) is -0.149. The van der Waals surface area contributed by atoms with Crippen molar-refractivity contribution >= 4 is 5.97 Å². The number of aliphatic hydroxyl groups is 1. The number of carbonyl (C=O) groups excluding carboxylic acids is 1. The number of nitrogens with one attached hydrogen (secondary N) is 1. The molecule has 5 nitrogen and oxygen atoms in total. The molecule has 0 radical (unpaired) electrons. The van der Waals surface area contributed by atoms with E-state index in [4.69, 9.17) is 9.47 Å². The SMILES string of the molecule is CCCCOCC(O)CNC(C(=O)OCC)C(C)C. The Morgan fingerprint density at radius 2 is 2.00 bits per heavy atom. The molecule has 2 unspecified atom stereocenters. The van der Waals surface area contributed by atoms with Crippen LogP contribution in [0.4, 0.5) is 0 Å². The number of aliphatic hydroxyl groups excluding tert-OH is 1. The molecule has 0 fully saturated rings. The Hall–Kier alpha value is -0.650. The smallest absolute Gasteiger partial charge is 0.323 e. The van der Waals surface area contributed by atoms with Crippen LogP contribution < -0.4 is 5.32 Å². The van der Waals surface area contributed by atoms with E-state index in [1.807, 2.05) is 13.8 Å². The highest BCUT2D eigenvalue weighted by Gasteiger charge is 2.23. The van der Waals surface area contributed by atoms with Crippen molar-refractivity contribution in [2.75, 3.05) is 26.4 Å². The summed E-state index contributed by atoms with van der Waals surface area (Å²) >= 11 is 0. The molecule has 0 heterocycles. The second-order valence-corrected chi connectivity index (χ2v) is 4.96. The van der Waals surface area contributed by atoms with Crippen molar-refractivity contribution < 1.29 is 19.4 Å². The lowest BCUT2D eigenvalue weighted by atomic mass is 10.0. The minimum absolute atomic E-state index is 0.118. The van der Waals surface area contributed by atoms with Crippen LogP contribution in [0.5, 0.6) is 0 Å². The predicted octanol–water partition coefficient (Wildman–Crippen LogP) is 1.34. The number of hydrogen-bond acceptors (Lipinski definition) is 5. The van der Waals surface area contributed by atoms with Crippen LogP contribution in [0.1, 0.15) is 40.5 Å². The third-order valence-corrected chi connectivity index (χ3v) is 2.73. The molecule has 0 aromatic rings. The van der Waals surface area contributed by atoms with Gasteiger partial charge in [-0.25, -0.2) is 0 Å². The van der Waals surface area contributed by atoms with Gasteiger partial charge in [0, 0.05) is 13.2 Å². The van der Waals surface area contributed by atoms with E-state index in [-0.39, 0.29) is 17.9 Å². The van der Waals surface area contributed by atoms with Crippen molar-refractivity contribution in [1.82, 2.24) is 5.32 Å². The van der Waals surface area contributed by atoms with Gasteiger partial charge in [0.25, 0.3) is 0 Å². The van der Waals surface area contributed by atoms with Gasteiger partial charge >= 0.3 is 5.97 Å². The Kier molecular flexibility index (Phi) is 10.8. The monoisotopic (exact) mass is 275 g/mol. The first-order valence-electron chi connectivity index (χ1n) is 7.18. The van der Waals surface area contributed by atoms with Gasteiger partial charge in [-0.2, -0.15) is 0 Å². The summed E-state index contributed by atoms with van der Waals surface area (Å²) in [7, 11) is 0. The zero-order valence-corrected chi connectivity index (χ0v) is 12.6. The molecular formula is C14H29NO4. The molecule has 0 bridgehead atoms. The van der Waals surface area contributed by atoms with Crippen LogP contribution >= 0.6 is 0 Å². The topological polar surface area (TPSA) is 67.8 Å². The molecular weight excluding hydrogens is 246 g/mol. The lowest BCUT2D eigenvalue weighted by Gasteiger charge is -2.22. The minimum atomic E-state index is -0.604. The first kappa shape index (κ1) is 18.4. The summed E-state index contributed by atoms with van der Waals surface area (Å²) in [6.45, 7) is 9.41. The molecule has 0 aromatic carbocycles. The molecule has 5 heteroatoms. The zero-order chi connectivity index (χ0) is 14.7. The summed E-state index contributed by atoms with van der Waals surface area (Å²) in [4.78, 5) is 11.7. The molecule has 0 rings (SSSR count). The van der Waals surface area contributed by atoms with Crippen molar-refractivity contribution in [1.29, 1.82) is 0 Å². The van der Waals surface area contributed by atoms with E-state index >= 15 is 0 Å². The van der Waals surface area contributed by atoms with Crippen LogP contribution in [0.3, 0.4) is 0 Å². The molecule has 0 saturated heterocycles. The average molecular weight is 275 g/mol. The van der Waals surface area contributed by atoms with E-state index in [2.05, 4.69) is 12.2 Å². The summed E-state index contributed by atoms with van der Waals surface area (Å²) in [5, 5.41) is 12.8. The number of hydrogen-bond donors (Lipinski definition) is 2. The van der Waals surface area contributed by atoms with Crippen LogP contribution in [0.15, 0.2) is 0 Å². The maximum Gasteiger partial charge on any atom is 0.323 e. The van der Waals surface area contributed by atoms with Gasteiger partial charge in [-0.1, -0.05) is 27.2 Å². The molecule has 0 spiro atoms. The van der Waals surface area contributed by atoms with Crippen LogP contribution in [-0.2, 0) is 14.3 Å². The quantitative estimate of drug-likeness (QED) is 0.440. The molecule has 19 heavy (non-hydrogen) atoms. The van der Waals surface area contributed by atoms with E-state index in [9.17, 15) is 9.90 Å². The lowest BCUT2D eigenvalue weighted by molar-refractivity contribution is -0.147. The molecule has 0 saturated carbocycles. The number of rotatable bonds is 11. The van der Waals surface area contributed by atoms with E-state index in [1.165, 1.54) is 0 Å². The van der Waals surface area contributed by atoms with Gasteiger partial charge < -0.3 is 19.9 Å². The minimum Gasteiger partial charge on any atom is -0.465 e. The fourth-order valence-electron chi connectivity index (χ4n) is 1.61. The van der Waals surface area contributed by atoms with Crippen LogP contribution in [0.25, 0.3) is 0 Å². The van der Waals surface area contributed by atoms with Crippen molar-refractivity contribution in [2.24, 2.45) is 5.92 Å². The van der Waals surface area contributed by atoms with Crippen LogP contribution in [0.2, 0.25) is 0 Å². The fraction of sp³-hybridized carbons (Fsp3) is 0.929. The van der Waals surface area contributed by atoms with Gasteiger partial charge in [0.15, 0.2) is 0 Å². The first-order chi connectivity index (χ1) is 9.02. The Labute approximate surface area is 116 Å². The predicted molar refractivity (Wildman–Crippen MR) is 75.0 cm³/mol. The highest BCUT2D eigenvalue weighted by atomic mass is 16.5. The Balaban J connectivity index is 3.93. The molecule has 0 aliphatic heterocycles. The van der Waals surface area contributed by atoms with E-state index < -0.39 is 6.10 Å². The van der Waals surface area contributed by atoms with Crippen LogP contribution in [0, 0.1) is 5.92 Å². The summed E-state index contributed by atoms with van der Waals surface area (Å²) < 4.78 is 10.3. The molecule has 0 aliphatic rings. The molecule has 0 amide bonds. The zero-order valence-electron chi connectivity index (χ0n) is 12.6. The second-order valence-electron chi connectivity index (χ2n) is 4.96. The van der Waals surface area contributed by atoms with Gasteiger partial charge in [-0.3, -0.25) is 4.79 Å². The summed E-state index contributed by atoms with van der Waals surface area (Å²) in [6.07, 6.45) is 1.47. The number of unbranched alkanes of at least 4 members (excludes halogenated alkanes) is 1. The second kappa shape index (κ2) is 11.2. The lowest BCUT2D eigenvalue weighted by Crippen LogP contribution is -2.46. The number of esters is 1. The van der Waals surface area contributed by atoms with E-state index in [0.717, 1.165) is 12.8 Å². The summed E-state index contributed by atoms with van der Waals surface area (Å²) in [6, 6.07) is -0.384. The highest BCUT2D eigenvalue weighted by Crippen LogP contribution is 2.04. The third-order valence-electron chi connectivity index (χ3n) is 2.73. The van der Waals surface area contributed by atoms with Gasteiger partial charge in [0.1, 0.15) is 6.04 Å². The largest absolute Gasteiger partial charge is 0.465 e. The standard InChI is InChI=1S/C14H29NO4/c1-5-7-8-18-10-12(16)9-15-13(11(3)4)14(17)19-6-2/h11-13,15-16H,5-10H2,1-4H3. The Morgan fingerprint density at radius 1 is 1.32 bits per heavy atom. The highest BCUT2D eigenvalue weighted by molar-refractivity contribution is 5.76. The number of carbonyl (C=O) groups is 1. The number of ether oxygens (including phenoxy) is 2. The summed E-state index contributed by atoms with van der Waals surface area (Å²) in [5.41, 5.74) is 0.